The molecule has 0 aliphatic carbocycles. The summed E-state index contributed by atoms with van der Waals surface area (Å²) in [6.45, 7) is 0.363. The van der Waals surface area contributed by atoms with E-state index in [1.807, 2.05) is 24.3 Å². The van der Waals surface area contributed by atoms with Crippen LogP contribution < -0.4 is 11.3 Å². The number of aliphatic hydroxyl groups is 1. The Bertz CT molecular complexity index is 237. The van der Waals surface area contributed by atoms with Crippen molar-refractivity contribution in [2.75, 3.05) is 6.54 Å². The summed E-state index contributed by atoms with van der Waals surface area (Å²) in [7, 11) is 0. The van der Waals surface area contributed by atoms with E-state index in [2.05, 4.69) is 21.4 Å². The largest absolute Gasteiger partial charge is 0.387 e. The summed E-state index contributed by atoms with van der Waals surface area (Å²) in [6.07, 6.45) is -0.539. The van der Waals surface area contributed by atoms with E-state index >= 15 is 0 Å². The minimum absolute atomic E-state index is 0.363. The molecule has 0 aliphatic rings. The molecule has 4 N–H and O–H groups in total. The molecule has 1 atom stereocenters. The van der Waals surface area contributed by atoms with Crippen LogP contribution in [0.3, 0.4) is 0 Å². The Morgan fingerprint density at radius 3 is 2.50 bits per heavy atom. The summed E-state index contributed by atoms with van der Waals surface area (Å²) < 4.78 is 0.999. The van der Waals surface area contributed by atoms with Crippen molar-refractivity contribution in [1.82, 2.24) is 5.43 Å². The minimum atomic E-state index is -0.539. The van der Waals surface area contributed by atoms with E-state index in [9.17, 15) is 5.11 Å². The van der Waals surface area contributed by atoms with Crippen LogP contribution in [0, 0.1) is 0 Å². The lowest BCUT2D eigenvalue weighted by Gasteiger charge is -2.09. The fourth-order valence-electron chi connectivity index (χ4n) is 0.914. The molecule has 0 saturated carbocycles. The number of hydrazine groups is 1. The molecular formula is C8H11BrN2O. The zero-order valence-electron chi connectivity index (χ0n) is 6.50. The van der Waals surface area contributed by atoms with E-state index < -0.39 is 6.10 Å². The lowest BCUT2D eigenvalue weighted by Crippen LogP contribution is -2.27. The standard InChI is InChI=1S/C8H11BrN2O/c9-7-3-1-6(2-4-7)8(12)5-11-10/h1-4,8,11-12H,5,10H2. The second kappa shape index (κ2) is 4.57. The van der Waals surface area contributed by atoms with Crippen molar-refractivity contribution in [3.63, 3.8) is 0 Å². The van der Waals surface area contributed by atoms with Crippen molar-refractivity contribution in [2.24, 2.45) is 5.84 Å². The normalized spacial score (nSPS) is 12.9. The lowest BCUT2D eigenvalue weighted by molar-refractivity contribution is 0.175. The van der Waals surface area contributed by atoms with Gasteiger partial charge in [-0.15, -0.1) is 0 Å². The number of rotatable bonds is 3. The van der Waals surface area contributed by atoms with E-state index in [1.54, 1.807) is 0 Å². The average Bonchev–Trinajstić information content (AvgIpc) is 2.06. The molecule has 0 amide bonds. The summed E-state index contributed by atoms with van der Waals surface area (Å²) in [4.78, 5) is 0. The maximum absolute atomic E-state index is 9.45. The van der Waals surface area contributed by atoms with Gasteiger partial charge in [-0.1, -0.05) is 28.1 Å². The molecule has 1 aromatic rings. The summed E-state index contributed by atoms with van der Waals surface area (Å²) in [5.74, 6) is 5.08. The molecule has 0 saturated heterocycles. The first-order valence-electron chi connectivity index (χ1n) is 3.61. The second-order valence-corrected chi connectivity index (χ2v) is 3.39. The molecular weight excluding hydrogens is 220 g/mol. The van der Waals surface area contributed by atoms with Gasteiger partial charge < -0.3 is 5.11 Å². The summed E-state index contributed by atoms with van der Waals surface area (Å²) in [5.41, 5.74) is 3.28. The van der Waals surface area contributed by atoms with Gasteiger partial charge >= 0.3 is 0 Å². The SMILES string of the molecule is NNCC(O)c1ccc(Br)cc1. The van der Waals surface area contributed by atoms with E-state index in [1.165, 1.54) is 0 Å². The Hall–Kier alpha value is -0.420. The zero-order chi connectivity index (χ0) is 8.97. The molecule has 0 spiro atoms. The first-order chi connectivity index (χ1) is 5.74. The topological polar surface area (TPSA) is 58.3 Å². The zero-order valence-corrected chi connectivity index (χ0v) is 8.08. The number of hydrogen-bond acceptors (Lipinski definition) is 3. The molecule has 0 heterocycles. The van der Waals surface area contributed by atoms with Gasteiger partial charge in [0.1, 0.15) is 0 Å². The molecule has 66 valence electrons. The average molecular weight is 231 g/mol. The van der Waals surface area contributed by atoms with Crippen molar-refractivity contribution in [3.8, 4) is 0 Å². The van der Waals surface area contributed by atoms with Crippen LogP contribution in [0.2, 0.25) is 0 Å². The maximum atomic E-state index is 9.45. The lowest BCUT2D eigenvalue weighted by atomic mass is 10.1. The van der Waals surface area contributed by atoms with Crippen molar-refractivity contribution >= 4 is 15.9 Å². The van der Waals surface area contributed by atoms with Crippen molar-refractivity contribution < 1.29 is 5.11 Å². The Morgan fingerprint density at radius 1 is 1.42 bits per heavy atom. The van der Waals surface area contributed by atoms with Crippen LogP contribution in [-0.4, -0.2) is 11.7 Å². The Kier molecular flexibility index (Phi) is 3.68. The molecule has 4 heteroatoms. The van der Waals surface area contributed by atoms with Crippen LogP contribution in [0.15, 0.2) is 28.7 Å². The molecule has 1 aromatic carbocycles. The number of hydrogen-bond donors (Lipinski definition) is 3. The van der Waals surface area contributed by atoms with Gasteiger partial charge in [-0.05, 0) is 17.7 Å². The third-order valence-electron chi connectivity index (χ3n) is 1.57. The van der Waals surface area contributed by atoms with E-state index in [0.29, 0.717) is 6.54 Å². The predicted octanol–water partition coefficient (Wildman–Crippen LogP) is 0.946. The number of nitrogens with two attached hydrogens (primary N) is 1. The highest BCUT2D eigenvalue weighted by atomic mass is 79.9. The monoisotopic (exact) mass is 230 g/mol. The summed E-state index contributed by atoms with van der Waals surface area (Å²) in [6, 6.07) is 7.47. The summed E-state index contributed by atoms with van der Waals surface area (Å²) >= 11 is 3.31. The van der Waals surface area contributed by atoms with Crippen LogP contribution in [0.25, 0.3) is 0 Å². The smallest absolute Gasteiger partial charge is 0.0928 e. The third kappa shape index (κ3) is 2.57. The number of nitrogens with one attached hydrogen (secondary N) is 1. The third-order valence-corrected chi connectivity index (χ3v) is 2.09. The fourth-order valence-corrected chi connectivity index (χ4v) is 1.18. The van der Waals surface area contributed by atoms with E-state index in [4.69, 9.17) is 5.84 Å². The van der Waals surface area contributed by atoms with Crippen molar-refractivity contribution in [2.45, 2.75) is 6.10 Å². The van der Waals surface area contributed by atoms with Crippen LogP contribution in [0.4, 0.5) is 0 Å². The molecule has 1 rings (SSSR count). The molecule has 0 aliphatic heterocycles. The Balaban J connectivity index is 2.68. The van der Waals surface area contributed by atoms with E-state index in [-0.39, 0.29) is 0 Å². The van der Waals surface area contributed by atoms with Gasteiger partial charge in [-0.3, -0.25) is 11.3 Å². The van der Waals surface area contributed by atoms with Crippen LogP contribution in [-0.2, 0) is 0 Å². The molecule has 3 nitrogen and oxygen atoms in total. The van der Waals surface area contributed by atoms with Crippen molar-refractivity contribution in [3.05, 3.63) is 34.3 Å². The highest BCUT2D eigenvalue weighted by molar-refractivity contribution is 9.10. The van der Waals surface area contributed by atoms with Crippen LogP contribution in [0.1, 0.15) is 11.7 Å². The molecule has 0 radical (unpaired) electrons. The van der Waals surface area contributed by atoms with Gasteiger partial charge in [0.25, 0.3) is 0 Å². The predicted molar refractivity (Wildman–Crippen MR) is 51.3 cm³/mol. The van der Waals surface area contributed by atoms with Gasteiger partial charge in [0.15, 0.2) is 0 Å². The van der Waals surface area contributed by atoms with Gasteiger partial charge in [0, 0.05) is 11.0 Å². The van der Waals surface area contributed by atoms with Gasteiger partial charge in [-0.2, -0.15) is 0 Å². The van der Waals surface area contributed by atoms with Gasteiger partial charge in [0.2, 0.25) is 0 Å². The Labute approximate surface area is 79.7 Å². The molecule has 0 fully saturated rings. The number of benzene rings is 1. The number of aliphatic hydroxyl groups excluding tert-OH is 1. The molecule has 1 unspecified atom stereocenters. The van der Waals surface area contributed by atoms with Gasteiger partial charge in [0.05, 0.1) is 6.10 Å². The number of halogens is 1. The van der Waals surface area contributed by atoms with E-state index in [0.717, 1.165) is 10.0 Å². The highest BCUT2D eigenvalue weighted by Gasteiger charge is 2.04. The molecule has 12 heavy (non-hydrogen) atoms. The van der Waals surface area contributed by atoms with Crippen LogP contribution >= 0.6 is 15.9 Å². The first-order valence-corrected chi connectivity index (χ1v) is 4.40. The maximum Gasteiger partial charge on any atom is 0.0928 e. The first kappa shape index (κ1) is 9.67. The van der Waals surface area contributed by atoms with Crippen LogP contribution in [0.5, 0.6) is 0 Å². The Morgan fingerprint density at radius 2 is 2.00 bits per heavy atom. The quantitative estimate of drug-likeness (QED) is 0.536. The second-order valence-electron chi connectivity index (χ2n) is 2.48. The highest BCUT2D eigenvalue weighted by Crippen LogP contribution is 2.15. The minimum Gasteiger partial charge on any atom is -0.387 e. The fraction of sp³-hybridized carbons (Fsp3) is 0.250. The molecule has 0 aromatic heterocycles. The van der Waals surface area contributed by atoms with Crippen molar-refractivity contribution in [1.29, 1.82) is 0 Å². The summed E-state index contributed by atoms with van der Waals surface area (Å²) in [5, 5.41) is 9.45. The molecule has 0 bridgehead atoms. The van der Waals surface area contributed by atoms with Gasteiger partial charge in [-0.25, -0.2) is 0 Å².